The number of aromatic nitrogens is 1. The van der Waals surface area contributed by atoms with Crippen molar-refractivity contribution in [1.29, 1.82) is 5.41 Å². The predicted molar refractivity (Wildman–Crippen MR) is 123 cm³/mol. The van der Waals surface area contributed by atoms with Gasteiger partial charge in [0.15, 0.2) is 0 Å². The summed E-state index contributed by atoms with van der Waals surface area (Å²) >= 11 is 0. The van der Waals surface area contributed by atoms with E-state index < -0.39 is 18.6 Å². The van der Waals surface area contributed by atoms with Gasteiger partial charge in [0.2, 0.25) is 0 Å². The maximum absolute atomic E-state index is 14.3. The maximum Gasteiger partial charge on any atom is 0.296 e. The lowest BCUT2D eigenvalue weighted by Crippen LogP contribution is -2.44. The largest absolute Gasteiger partial charge is 0.378 e. The zero-order chi connectivity index (χ0) is 24.0. The molecule has 33 heavy (non-hydrogen) atoms. The van der Waals surface area contributed by atoms with Crippen molar-refractivity contribution in [1.82, 2.24) is 20.9 Å². The van der Waals surface area contributed by atoms with Gasteiger partial charge >= 0.3 is 0 Å². The Bertz CT molecular complexity index is 995. The zero-order valence-corrected chi connectivity index (χ0v) is 19.0. The van der Waals surface area contributed by atoms with E-state index in [4.69, 9.17) is 5.41 Å². The van der Waals surface area contributed by atoms with Crippen LogP contribution in [-0.2, 0) is 10.7 Å². The number of carbonyl (C=O) groups excluding carboxylic acids is 1. The SMILES string of the molecule is CNC(=O)c1cnc(N2CCNCC2)cc1C(=N)N[C@H](C)c1cccc(C(F)(F)COC)c1. The number of alkyl halides is 2. The second kappa shape index (κ2) is 10.7. The van der Waals surface area contributed by atoms with E-state index in [-0.39, 0.29) is 22.9 Å². The van der Waals surface area contributed by atoms with E-state index in [1.54, 1.807) is 25.1 Å². The highest BCUT2D eigenvalue weighted by atomic mass is 19.3. The number of nitrogens with one attached hydrogen (secondary N) is 4. The molecule has 0 saturated carbocycles. The summed E-state index contributed by atoms with van der Waals surface area (Å²) in [6.45, 7) is 4.25. The third-order valence-electron chi connectivity index (χ3n) is 5.57. The molecule has 0 unspecified atom stereocenters. The summed E-state index contributed by atoms with van der Waals surface area (Å²) in [5.41, 5.74) is 1.09. The second-order valence-corrected chi connectivity index (χ2v) is 7.91. The van der Waals surface area contributed by atoms with Crippen LogP contribution in [0.1, 0.15) is 40.0 Å². The number of hydrogen-bond acceptors (Lipinski definition) is 6. The number of benzene rings is 1. The van der Waals surface area contributed by atoms with Gasteiger partial charge in [-0.15, -0.1) is 0 Å². The van der Waals surface area contributed by atoms with Crippen molar-refractivity contribution in [3.63, 3.8) is 0 Å². The van der Waals surface area contributed by atoms with Crippen LogP contribution in [0.4, 0.5) is 14.6 Å². The van der Waals surface area contributed by atoms with Gasteiger partial charge in [0.1, 0.15) is 18.3 Å². The molecule has 4 N–H and O–H groups in total. The van der Waals surface area contributed by atoms with Crippen molar-refractivity contribution in [3.05, 3.63) is 58.8 Å². The van der Waals surface area contributed by atoms with Gasteiger partial charge in [-0.3, -0.25) is 10.2 Å². The highest BCUT2D eigenvalue weighted by Gasteiger charge is 2.32. The number of amidine groups is 1. The van der Waals surface area contributed by atoms with Crippen LogP contribution < -0.4 is 20.9 Å². The molecule has 8 nitrogen and oxygen atoms in total. The van der Waals surface area contributed by atoms with Gasteiger partial charge < -0.3 is 25.6 Å². The second-order valence-electron chi connectivity index (χ2n) is 7.91. The van der Waals surface area contributed by atoms with E-state index in [9.17, 15) is 13.6 Å². The molecular weight excluding hydrogens is 430 g/mol. The first-order chi connectivity index (χ1) is 15.8. The van der Waals surface area contributed by atoms with E-state index in [0.717, 1.165) is 26.2 Å². The predicted octanol–water partition coefficient (Wildman–Crippen LogP) is 2.27. The third-order valence-corrected chi connectivity index (χ3v) is 5.57. The van der Waals surface area contributed by atoms with E-state index in [1.165, 1.54) is 32.5 Å². The van der Waals surface area contributed by atoms with Gasteiger partial charge in [-0.25, -0.2) is 4.98 Å². The molecule has 0 radical (unpaired) electrons. The Hall–Kier alpha value is -3.11. The van der Waals surface area contributed by atoms with Crippen LogP contribution in [0.5, 0.6) is 0 Å². The minimum absolute atomic E-state index is 0.00828. The monoisotopic (exact) mass is 460 g/mol. The van der Waals surface area contributed by atoms with Crippen LogP contribution >= 0.6 is 0 Å². The molecule has 2 aromatic rings. The number of hydrogen-bond donors (Lipinski definition) is 4. The van der Waals surface area contributed by atoms with Crippen molar-refractivity contribution in [2.75, 3.05) is 51.8 Å². The van der Waals surface area contributed by atoms with Crippen LogP contribution in [-0.4, -0.2) is 63.7 Å². The summed E-state index contributed by atoms with van der Waals surface area (Å²) in [6, 6.07) is 7.30. The summed E-state index contributed by atoms with van der Waals surface area (Å²) in [6.07, 6.45) is 1.47. The Kier molecular flexibility index (Phi) is 7.93. The summed E-state index contributed by atoms with van der Waals surface area (Å²) in [4.78, 5) is 18.9. The van der Waals surface area contributed by atoms with Crippen LogP contribution in [0.3, 0.4) is 0 Å². The molecule has 1 aliphatic rings. The summed E-state index contributed by atoms with van der Waals surface area (Å²) in [7, 11) is 2.75. The molecule has 0 spiro atoms. The van der Waals surface area contributed by atoms with E-state index >= 15 is 0 Å². The molecule has 1 atom stereocenters. The smallest absolute Gasteiger partial charge is 0.296 e. The Labute approximate surface area is 192 Å². The Morgan fingerprint density at radius 3 is 2.70 bits per heavy atom. The number of amides is 1. The van der Waals surface area contributed by atoms with Gasteiger partial charge in [-0.05, 0) is 24.6 Å². The van der Waals surface area contributed by atoms with Gasteiger partial charge in [-0.1, -0.05) is 18.2 Å². The van der Waals surface area contributed by atoms with Gasteiger partial charge in [0.05, 0.1) is 5.56 Å². The lowest BCUT2D eigenvalue weighted by molar-refractivity contribution is -0.0698. The average molecular weight is 461 g/mol. The number of carbonyl (C=O) groups is 1. The van der Waals surface area contributed by atoms with Crippen molar-refractivity contribution in [3.8, 4) is 0 Å². The number of ether oxygens (including phenoxy) is 1. The molecule has 0 bridgehead atoms. The van der Waals surface area contributed by atoms with Crippen LogP contribution in [0.2, 0.25) is 0 Å². The number of methoxy groups -OCH3 is 1. The molecule has 0 aliphatic carbocycles. The zero-order valence-electron chi connectivity index (χ0n) is 19.0. The van der Waals surface area contributed by atoms with E-state index in [0.29, 0.717) is 16.9 Å². The summed E-state index contributed by atoms with van der Waals surface area (Å²) in [5, 5.41) is 17.5. The number of nitrogens with zero attached hydrogens (tertiary/aromatic N) is 2. The molecule has 1 fully saturated rings. The first kappa shape index (κ1) is 24.5. The molecule has 1 aromatic carbocycles. The number of anilines is 1. The van der Waals surface area contributed by atoms with Crippen molar-refractivity contribution in [2.45, 2.75) is 18.9 Å². The highest BCUT2D eigenvalue weighted by Crippen LogP contribution is 2.30. The Balaban J connectivity index is 1.86. The minimum Gasteiger partial charge on any atom is -0.378 e. The molecule has 178 valence electrons. The fraction of sp³-hybridized carbons (Fsp3) is 0.435. The lowest BCUT2D eigenvalue weighted by atomic mass is 10.0. The van der Waals surface area contributed by atoms with E-state index in [1.807, 2.05) is 0 Å². The van der Waals surface area contributed by atoms with Crippen LogP contribution in [0.15, 0.2) is 36.5 Å². The molecule has 10 heteroatoms. The molecule has 1 aliphatic heterocycles. The maximum atomic E-state index is 14.3. The first-order valence-corrected chi connectivity index (χ1v) is 10.8. The van der Waals surface area contributed by atoms with E-state index in [2.05, 4.69) is 30.6 Å². The lowest BCUT2D eigenvalue weighted by Gasteiger charge is -2.29. The third kappa shape index (κ3) is 5.82. The standard InChI is InChI=1S/C23H30F2N6O2/c1-15(16-5-4-6-17(11-16)23(24,25)14-33-3)30-21(26)18-12-20(31-9-7-28-8-10-31)29-13-19(18)22(32)27-2/h4-6,11-13,15,28H,7-10,14H2,1-3H3,(H2,26,30)(H,27,32)/t15-/m1/s1. The number of piperazine rings is 1. The number of halogens is 2. The molecule has 1 aromatic heterocycles. The molecule has 2 heterocycles. The number of rotatable bonds is 8. The normalized spacial score (nSPS) is 15.1. The topological polar surface area (TPSA) is 102 Å². The quantitative estimate of drug-likeness (QED) is 0.356. The molecule has 3 rings (SSSR count). The summed E-state index contributed by atoms with van der Waals surface area (Å²) < 4.78 is 33.2. The van der Waals surface area contributed by atoms with Crippen LogP contribution in [0.25, 0.3) is 0 Å². The Morgan fingerprint density at radius 2 is 2.03 bits per heavy atom. The Morgan fingerprint density at radius 1 is 1.30 bits per heavy atom. The molecular formula is C23H30F2N6O2. The fourth-order valence-corrected chi connectivity index (χ4v) is 3.71. The van der Waals surface area contributed by atoms with Gasteiger partial charge in [-0.2, -0.15) is 8.78 Å². The molecule has 1 saturated heterocycles. The average Bonchev–Trinajstić information content (AvgIpc) is 2.83. The van der Waals surface area contributed by atoms with Gasteiger partial charge in [0, 0.05) is 63.7 Å². The van der Waals surface area contributed by atoms with Crippen molar-refractivity contribution >= 4 is 17.6 Å². The number of pyridine rings is 1. The summed E-state index contributed by atoms with van der Waals surface area (Å²) in [5.74, 6) is -2.79. The molecule has 1 amide bonds. The van der Waals surface area contributed by atoms with Gasteiger partial charge in [0.25, 0.3) is 11.8 Å². The fourth-order valence-electron chi connectivity index (χ4n) is 3.71. The highest BCUT2D eigenvalue weighted by molar-refractivity contribution is 6.08. The van der Waals surface area contributed by atoms with Crippen molar-refractivity contribution < 1.29 is 18.3 Å². The first-order valence-electron chi connectivity index (χ1n) is 10.8. The van der Waals surface area contributed by atoms with Crippen molar-refractivity contribution in [2.24, 2.45) is 0 Å². The van der Waals surface area contributed by atoms with Crippen LogP contribution in [0, 0.1) is 5.41 Å². The minimum atomic E-state index is -3.12.